The van der Waals surface area contributed by atoms with Crippen molar-refractivity contribution in [3.05, 3.63) is 53.1 Å². The van der Waals surface area contributed by atoms with Crippen molar-refractivity contribution in [3.8, 4) is 0 Å². The molecule has 2 aliphatic heterocycles. The van der Waals surface area contributed by atoms with Crippen molar-refractivity contribution in [2.45, 2.75) is 29.9 Å². The zero-order chi connectivity index (χ0) is 21.3. The standard InChI is InChI=1S/C22H22ClN3O3S/c1-13-6-7-15(23)12-17(13)25-20(27)14-8-10-26(11-9-14)22(29)19-21(28)24-16-4-2-3-5-18(16)30-19/h2-7,12,14,19H,8-11H2,1H3,(H,24,28)(H,25,27)/t19-/m0/s1. The average Bonchev–Trinajstić information content (AvgIpc) is 2.75. The van der Waals surface area contributed by atoms with Crippen molar-refractivity contribution in [1.29, 1.82) is 0 Å². The van der Waals surface area contributed by atoms with E-state index in [1.807, 2.05) is 37.3 Å². The molecule has 2 aliphatic rings. The summed E-state index contributed by atoms with van der Waals surface area (Å²) in [4.78, 5) is 40.6. The number of hydrogen-bond donors (Lipinski definition) is 2. The van der Waals surface area contributed by atoms with Gasteiger partial charge in [0.15, 0.2) is 5.25 Å². The second-order valence-corrected chi connectivity index (χ2v) is 9.11. The van der Waals surface area contributed by atoms with E-state index in [1.165, 1.54) is 11.8 Å². The monoisotopic (exact) mass is 443 g/mol. The molecule has 2 aromatic rings. The van der Waals surface area contributed by atoms with Crippen LogP contribution >= 0.6 is 23.4 Å². The minimum Gasteiger partial charge on any atom is -0.341 e. The lowest BCUT2D eigenvalue weighted by atomic mass is 9.95. The summed E-state index contributed by atoms with van der Waals surface area (Å²) >= 11 is 7.31. The molecule has 30 heavy (non-hydrogen) atoms. The smallest absolute Gasteiger partial charge is 0.247 e. The van der Waals surface area contributed by atoms with Gasteiger partial charge in [0, 0.05) is 34.6 Å². The SMILES string of the molecule is Cc1ccc(Cl)cc1NC(=O)C1CCN(C(=O)[C@H]2Sc3ccccc3NC2=O)CC1. The number of aryl methyl sites for hydroxylation is 1. The number of para-hydroxylation sites is 1. The predicted molar refractivity (Wildman–Crippen MR) is 119 cm³/mol. The highest BCUT2D eigenvalue weighted by Crippen LogP contribution is 2.36. The van der Waals surface area contributed by atoms with E-state index < -0.39 is 5.25 Å². The fourth-order valence-electron chi connectivity index (χ4n) is 3.71. The topological polar surface area (TPSA) is 78.5 Å². The maximum Gasteiger partial charge on any atom is 0.247 e. The Bertz CT molecular complexity index is 1000. The molecule has 2 N–H and O–H groups in total. The van der Waals surface area contributed by atoms with Crippen molar-refractivity contribution in [2.24, 2.45) is 5.92 Å². The van der Waals surface area contributed by atoms with E-state index in [-0.39, 0.29) is 23.6 Å². The van der Waals surface area contributed by atoms with Gasteiger partial charge in [-0.25, -0.2) is 0 Å². The number of likely N-dealkylation sites (tertiary alicyclic amines) is 1. The van der Waals surface area contributed by atoms with Crippen molar-refractivity contribution in [2.75, 3.05) is 23.7 Å². The molecule has 0 saturated carbocycles. The molecule has 2 aromatic carbocycles. The Kier molecular flexibility index (Phi) is 6.01. The zero-order valence-electron chi connectivity index (χ0n) is 16.5. The lowest BCUT2D eigenvalue weighted by molar-refractivity contribution is -0.136. The van der Waals surface area contributed by atoms with Crippen LogP contribution in [-0.2, 0) is 14.4 Å². The molecule has 0 radical (unpaired) electrons. The summed E-state index contributed by atoms with van der Waals surface area (Å²) in [5.74, 6) is -0.733. The molecule has 1 atom stereocenters. The Morgan fingerprint density at radius 1 is 1.17 bits per heavy atom. The van der Waals surface area contributed by atoms with Gasteiger partial charge >= 0.3 is 0 Å². The number of nitrogens with one attached hydrogen (secondary N) is 2. The van der Waals surface area contributed by atoms with Crippen LogP contribution in [0.4, 0.5) is 11.4 Å². The maximum atomic E-state index is 13.0. The molecule has 8 heteroatoms. The van der Waals surface area contributed by atoms with Gasteiger partial charge in [0.2, 0.25) is 17.7 Å². The molecule has 1 saturated heterocycles. The molecule has 2 heterocycles. The molecular weight excluding hydrogens is 422 g/mol. The van der Waals surface area contributed by atoms with E-state index in [0.717, 1.165) is 16.1 Å². The van der Waals surface area contributed by atoms with Crippen LogP contribution < -0.4 is 10.6 Å². The third-order valence-electron chi connectivity index (χ3n) is 5.49. The normalized spacial score (nSPS) is 19.1. The summed E-state index contributed by atoms with van der Waals surface area (Å²) in [5.41, 5.74) is 2.39. The molecular formula is C22H22ClN3O3S. The summed E-state index contributed by atoms with van der Waals surface area (Å²) in [6.45, 7) is 2.83. The van der Waals surface area contributed by atoms with Gasteiger partial charge < -0.3 is 15.5 Å². The van der Waals surface area contributed by atoms with Crippen LogP contribution in [-0.4, -0.2) is 41.0 Å². The fraction of sp³-hybridized carbons (Fsp3) is 0.318. The largest absolute Gasteiger partial charge is 0.341 e. The Morgan fingerprint density at radius 3 is 2.67 bits per heavy atom. The van der Waals surface area contributed by atoms with E-state index >= 15 is 0 Å². The van der Waals surface area contributed by atoms with Gasteiger partial charge in [0.05, 0.1) is 5.69 Å². The minimum absolute atomic E-state index is 0.0637. The van der Waals surface area contributed by atoms with Crippen LogP contribution in [0.2, 0.25) is 5.02 Å². The van der Waals surface area contributed by atoms with Gasteiger partial charge in [-0.2, -0.15) is 0 Å². The summed E-state index contributed by atoms with van der Waals surface area (Å²) < 4.78 is 0. The number of benzene rings is 2. The molecule has 0 aliphatic carbocycles. The molecule has 6 nitrogen and oxygen atoms in total. The number of rotatable bonds is 3. The lowest BCUT2D eigenvalue weighted by Gasteiger charge is -2.34. The molecule has 4 rings (SSSR count). The van der Waals surface area contributed by atoms with Crippen LogP contribution in [0, 0.1) is 12.8 Å². The highest BCUT2D eigenvalue weighted by Gasteiger charge is 2.37. The summed E-state index contributed by atoms with van der Waals surface area (Å²) in [7, 11) is 0. The highest BCUT2D eigenvalue weighted by molar-refractivity contribution is 8.01. The quantitative estimate of drug-likeness (QED) is 0.704. The van der Waals surface area contributed by atoms with Gasteiger partial charge in [-0.15, -0.1) is 11.8 Å². The number of thioether (sulfide) groups is 1. The number of fused-ring (bicyclic) bond motifs is 1. The summed E-state index contributed by atoms with van der Waals surface area (Å²) in [6.07, 6.45) is 1.12. The van der Waals surface area contributed by atoms with E-state index in [2.05, 4.69) is 10.6 Å². The van der Waals surface area contributed by atoms with Gasteiger partial charge in [-0.05, 0) is 49.6 Å². The van der Waals surface area contributed by atoms with E-state index in [0.29, 0.717) is 36.6 Å². The van der Waals surface area contributed by atoms with Crippen LogP contribution in [0.5, 0.6) is 0 Å². The first kappa shape index (κ1) is 20.8. The third-order valence-corrected chi connectivity index (χ3v) is 6.98. The van der Waals surface area contributed by atoms with E-state index in [1.54, 1.807) is 17.0 Å². The highest BCUT2D eigenvalue weighted by atomic mass is 35.5. The molecule has 0 bridgehead atoms. The number of nitrogens with zero attached hydrogens (tertiary/aromatic N) is 1. The fourth-order valence-corrected chi connectivity index (χ4v) is 4.95. The zero-order valence-corrected chi connectivity index (χ0v) is 18.1. The first-order valence-corrected chi connectivity index (χ1v) is 11.1. The number of hydrogen-bond acceptors (Lipinski definition) is 4. The Labute approximate surface area is 184 Å². The van der Waals surface area contributed by atoms with Crippen LogP contribution in [0.15, 0.2) is 47.4 Å². The van der Waals surface area contributed by atoms with Gasteiger partial charge in [0.25, 0.3) is 0 Å². The van der Waals surface area contributed by atoms with Crippen molar-refractivity contribution in [1.82, 2.24) is 4.90 Å². The van der Waals surface area contributed by atoms with Crippen molar-refractivity contribution >= 4 is 52.5 Å². The minimum atomic E-state index is -0.792. The molecule has 156 valence electrons. The lowest BCUT2D eigenvalue weighted by Crippen LogP contribution is -2.48. The van der Waals surface area contributed by atoms with Crippen LogP contribution in [0.1, 0.15) is 18.4 Å². The second kappa shape index (κ2) is 8.70. The van der Waals surface area contributed by atoms with Gasteiger partial charge in [0.1, 0.15) is 0 Å². The molecule has 0 aromatic heterocycles. The van der Waals surface area contributed by atoms with Crippen molar-refractivity contribution < 1.29 is 14.4 Å². The first-order valence-electron chi connectivity index (χ1n) is 9.85. The molecule has 1 fully saturated rings. The first-order chi connectivity index (χ1) is 14.4. The number of carbonyl (C=O) groups is 3. The van der Waals surface area contributed by atoms with Crippen LogP contribution in [0.3, 0.4) is 0 Å². The summed E-state index contributed by atoms with van der Waals surface area (Å²) in [6, 6.07) is 12.9. The van der Waals surface area contributed by atoms with Gasteiger partial charge in [-0.1, -0.05) is 29.8 Å². The molecule has 0 spiro atoms. The Balaban J connectivity index is 1.35. The molecule has 0 unspecified atom stereocenters. The number of amides is 3. The third kappa shape index (κ3) is 4.32. The maximum absolute atomic E-state index is 13.0. The second-order valence-electron chi connectivity index (χ2n) is 7.53. The average molecular weight is 444 g/mol. The van der Waals surface area contributed by atoms with Crippen molar-refractivity contribution in [3.63, 3.8) is 0 Å². The van der Waals surface area contributed by atoms with Crippen LogP contribution in [0.25, 0.3) is 0 Å². The number of carbonyl (C=O) groups excluding carboxylic acids is 3. The predicted octanol–water partition coefficient (Wildman–Crippen LogP) is 3.94. The number of piperidine rings is 1. The molecule has 3 amide bonds. The van der Waals surface area contributed by atoms with Gasteiger partial charge in [-0.3, -0.25) is 14.4 Å². The van der Waals surface area contributed by atoms with E-state index in [9.17, 15) is 14.4 Å². The summed E-state index contributed by atoms with van der Waals surface area (Å²) in [5, 5.41) is 5.54. The Morgan fingerprint density at radius 2 is 1.90 bits per heavy atom. The number of anilines is 2. The Hall–Kier alpha value is -2.51. The number of halogens is 1. The van der Waals surface area contributed by atoms with E-state index in [4.69, 9.17) is 11.6 Å².